The van der Waals surface area contributed by atoms with Crippen molar-refractivity contribution in [2.45, 2.75) is 32.9 Å². The number of sulfonamides is 1. The number of anilines is 1. The van der Waals surface area contributed by atoms with Gasteiger partial charge in [0.25, 0.3) is 0 Å². The van der Waals surface area contributed by atoms with Crippen molar-refractivity contribution in [3.05, 3.63) is 76.9 Å². The molecule has 0 unspecified atom stereocenters. The molecule has 2 atom stereocenters. The predicted molar refractivity (Wildman–Crippen MR) is 143 cm³/mol. The number of hydrogen-bond acceptors (Lipinski definition) is 7. The van der Waals surface area contributed by atoms with Gasteiger partial charge in [0, 0.05) is 12.6 Å². The molecule has 0 fully saturated rings. The number of aryl methyl sites for hydroxylation is 2. The molecule has 10 heteroatoms. The van der Waals surface area contributed by atoms with Crippen LogP contribution in [0.5, 0.6) is 11.5 Å². The molecule has 0 saturated heterocycles. The number of carboxylic acids is 1. The Hall–Kier alpha value is -3.60. The van der Waals surface area contributed by atoms with Gasteiger partial charge in [-0.2, -0.15) is 0 Å². The van der Waals surface area contributed by atoms with Gasteiger partial charge in [-0.1, -0.05) is 18.2 Å². The van der Waals surface area contributed by atoms with Crippen LogP contribution in [0, 0.1) is 13.8 Å². The maximum absolute atomic E-state index is 11.5. The summed E-state index contributed by atoms with van der Waals surface area (Å²) in [5, 5.41) is 32.9. The van der Waals surface area contributed by atoms with Crippen molar-refractivity contribution < 1.29 is 33.3 Å². The molecular weight excluding hydrogens is 496 g/mol. The molecule has 0 radical (unpaired) electrons. The van der Waals surface area contributed by atoms with Crippen LogP contribution in [0.1, 0.15) is 40.1 Å². The predicted octanol–water partition coefficient (Wildman–Crippen LogP) is 3.84. The summed E-state index contributed by atoms with van der Waals surface area (Å²) in [6, 6.07) is 14.5. The molecule has 37 heavy (non-hydrogen) atoms. The fourth-order valence-electron chi connectivity index (χ4n) is 4.12. The summed E-state index contributed by atoms with van der Waals surface area (Å²) in [7, 11) is -3.58. The molecule has 3 aromatic rings. The fraction of sp³-hybridized carbons (Fsp3) is 0.296. The third-order valence-corrected chi connectivity index (χ3v) is 6.49. The molecule has 0 saturated carbocycles. The third kappa shape index (κ3) is 7.45. The fourth-order valence-corrected chi connectivity index (χ4v) is 4.68. The van der Waals surface area contributed by atoms with E-state index in [0.717, 1.165) is 28.5 Å². The quantitative estimate of drug-likeness (QED) is 0.186. The van der Waals surface area contributed by atoms with Crippen LogP contribution in [0.25, 0.3) is 11.1 Å². The van der Waals surface area contributed by atoms with Gasteiger partial charge in [-0.15, -0.1) is 0 Å². The van der Waals surface area contributed by atoms with Crippen LogP contribution in [0.4, 0.5) is 5.69 Å². The van der Waals surface area contributed by atoms with E-state index in [0.29, 0.717) is 24.5 Å². The molecule has 3 rings (SSSR count). The third-order valence-electron chi connectivity index (χ3n) is 5.89. The summed E-state index contributed by atoms with van der Waals surface area (Å²) in [5.41, 5.74) is 4.64. The highest BCUT2D eigenvalue weighted by atomic mass is 32.2. The van der Waals surface area contributed by atoms with E-state index in [1.54, 1.807) is 31.2 Å². The average molecular weight is 529 g/mol. The largest absolute Gasteiger partial charge is 0.506 e. The second-order valence-corrected chi connectivity index (χ2v) is 10.7. The van der Waals surface area contributed by atoms with Gasteiger partial charge in [0.05, 0.1) is 23.6 Å². The molecular formula is C27H32N2O7S. The van der Waals surface area contributed by atoms with Crippen molar-refractivity contribution in [2.24, 2.45) is 0 Å². The first kappa shape index (κ1) is 28.0. The highest BCUT2D eigenvalue weighted by Crippen LogP contribution is 2.32. The molecule has 0 heterocycles. The van der Waals surface area contributed by atoms with Crippen molar-refractivity contribution in [1.29, 1.82) is 0 Å². The lowest BCUT2D eigenvalue weighted by atomic mass is 9.95. The number of benzene rings is 3. The van der Waals surface area contributed by atoms with Crippen LogP contribution >= 0.6 is 0 Å². The highest BCUT2D eigenvalue weighted by molar-refractivity contribution is 7.92. The Morgan fingerprint density at radius 3 is 2.22 bits per heavy atom. The number of nitrogens with one attached hydrogen (secondary N) is 2. The molecule has 0 spiro atoms. The minimum absolute atomic E-state index is 0.00148. The topological polar surface area (TPSA) is 145 Å². The summed E-state index contributed by atoms with van der Waals surface area (Å²) in [6.07, 6.45) is 0.0337. The molecule has 9 nitrogen and oxygen atoms in total. The normalized spacial score (nSPS) is 13.1. The maximum atomic E-state index is 11.5. The van der Waals surface area contributed by atoms with E-state index in [9.17, 15) is 23.4 Å². The number of ether oxygens (including phenoxy) is 1. The summed E-state index contributed by atoms with van der Waals surface area (Å²) in [6.45, 7) is 6.53. The van der Waals surface area contributed by atoms with Crippen LogP contribution in [0.2, 0.25) is 0 Å². The van der Waals surface area contributed by atoms with Gasteiger partial charge < -0.3 is 25.4 Å². The van der Waals surface area contributed by atoms with Gasteiger partial charge in [0.1, 0.15) is 18.1 Å². The summed E-state index contributed by atoms with van der Waals surface area (Å²) in [5.74, 6) is -0.494. The Morgan fingerprint density at radius 2 is 1.65 bits per heavy atom. The standard InChI is InChI=1S/C27H32N2O7S/c1-16-13-22(14-17(2)25(16)19-5-7-20(8-6-19)27(32)33)36-12-11-28-18(3)26(31)21-9-10-24(30)23(15-21)29-37(4,34)35/h5-10,13-15,18,26,28-31H,11-12H2,1-4H3,(H,32,33)/t18-,26+/m0/s1. The minimum Gasteiger partial charge on any atom is -0.506 e. The minimum atomic E-state index is -3.58. The second-order valence-electron chi connectivity index (χ2n) is 9.00. The molecule has 0 aromatic heterocycles. The van der Waals surface area contributed by atoms with Gasteiger partial charge in [-0.05, 0) is 85.0 Å². The maximum Gasteiger partial charge on any atom is 0.335 e. The molecule has 3 aromatic carbocycles. The van der Waals surface area contributed by atoms with Crippen LogP contribution < -0.4 is 14.8 Å². The van der Waals surface area contributed by atoms with Crippen LogP contribution in [-0.2, 0) is 10.0 Å². The number of aromatic hydroxyl groups is 1. The Labute approximate surface area is 216 Å². The van der Waals surface area contributed by atoms with Gasteiger partial charge in [-0.3, -0.25) is 4.72 Å². The molecule has 0 amide bonds. The van der Waals surface area contributed by atoms with E-state index >= 15 is 0 Å². The number of phenolic OH excluding ortho intramolecular Hbond substituents is 1. The number of phenols is 1. The Bertz CT molecular complexity index is 1350. The van der Waals surface area contributed by atoms with Crippen LogP contribution in [0.3, 0.4) is 0 Å². The molecule has 0 aliphatic carbocycles. The Balaban J connectivity index is 1.58. The number of carboxylic acid groups (broad SMARTS) is 1. The van der Waals surface area contributed by atoms with Crippen LogP contribution in [0.15, 0.2) is 54.6 Å². The van der Waals surface area contributed by atoms with Crippen molar-refractivity contribution >= 4 is 21.7 Å². The zero-order chi connectivity index (χ0) is 27.3. The van der Waals surface area contributed by atoms with Crippen LogP contribution in [-0.4, -0.2) is 55.2 Å². The summed E-state index contributed by atoms with van der Waals surface area (Å²) in [4.78, 5) is 11.1. The number of aliphatic hydroxyl groups excluding tert-OH is 1. The van der Waals surface area contributed by atoms with E-state index < -0.39 is 22.1 Å². The first-order chi connectivity index (χ1) is 17.4. The van der Waals surface area contributed by atoms with Gasteiger partial charge in [-0.25, -0.2) is 13.2 Å². The Kier molecular flexibility index (Phi) is 8.80. The van der Waals surface area contributed by atoms with E-state index in [1.165, 1.54) is 18.2 Å². The number of aliphatic hydroxyl groups is 1. The summed E-state index contributed by atoms with van der Waals surface area (Å²) >= 11 is 0. The van der Waals surface area contributed by atoms with Crippen molar-refractivity contribution in [3.63, 3.8) is 0 Å². The SMILES string of the molecule is Cc1cc(OCCN[C@@H](C)[C@@H](O)c2ccc(O)c(NS(C)(=O)=O)c2)cc(C)c1-c1ccc(C(=O)O)cc1. The second kappa shape index (κ2) is 11.6. The number of aromatic carboxylic acids is 1. The van der Waals surface area contributed by atoms with Crippen molar-refractivity contribution in [3.8, 4) is 22.6 Å². The molecule has 198 valence electrons. The molecule has 0 aliphatic rings. The first-order valence-corrected chi connectivity index (χ1v) is 13.5. The first-order valence-electron chi connectivity index (χ1n) is 11.7. The lowest BCUT2D eigenvalue weighted by molar-refractivity contribution is 0.0697. The number of rotatable bonds is 11. The Morgan fingerprint density at radius 1 is 1.03 bits per heavy atom. The molecule has 0 bridgehead atoms. The van der Waals surface area contributed by atoms with E-state index in [2.05, 4.69) is 10.0 Å². The van der Waals surface area contributed by atoms with Gasteiger partial charge >= 0.3 is 5.97 Å². The smallest absolute Gasteiger partial charge is 0.335 e. The zero-order valence-corrected chi connectivity index (χ0v) is 22.0. The van der Waals surface area contributed by atoms with E-state index in [4.69, 9.17) is 9.84 Å². The van der Waals surface area contributed by atoms with Crippen molar-refractivity contribution in [1.82, 2.24) is 5.32 Å². The average Bonchev–Trinajstić information content (AvgIpc) is 2.81. The van der Waals surface area contributed by atoms with E-state index in [-0.39, 0.29) is 23.0 Å². The van der Waals surface area contributed by atoms with Crippen molar-refractivity contribution in [2.75, 3.05) is 24.1 Å². The van der Waals surface area contributed by atoms with Gasteiger partial charge in [0.15, 0.2) is 0 Å². The monoisotopic (exact) mass is 528 g/mol. The molecule has 5 N–H and O–H groups in total. The number of carbonyl (C=O) groups is 1. The summed E-state index contributed by atoms with van der Waals surface area (Å²) < 4.78 is 31.1. The molecule has 0 aliphatic heterocycles. The number of hydrogen-bond donors (Lipinski definition) is 5. The highest BCUT2D eigenvalue weighted by Gasteiger charge is 2.18. The zero-order valence-electron chi connectivity index (χ0n) is 21.1. The van der Waals surface area contributed by atoms with E-state index in [1.807, 2.05) is 26.0 Å². The lowest BCUT2D eigenvalue weighted by Gasteiger charge is -2.22. The lowest BCUT2D eigenvalue weighted by Crippen LogP contribution is -2.35. The van der Waals surface area contributed by atoms with Gasteiger partial charge in [0.2, 0.25) is 10.0 Å².